The minimum atomic E-state index is -0.611. The van der Waals surface area contributed by atoms with Crippen LogP contribution in [0.5, 0.6) is 0 Å². The molecule has 1 amide bonds. The van der Waals surface area contributed by atoms with Gasteiger partial charge in [-0.25, -0.2) is 0 Å². The maximum Gasteiger partial charge on any atom is 0.246 e. The molecule has 1 fully saturated rings. The molecule has 3 heteroatoms. The van der Waals surface area contributed by atoms with E-state index in [4.69, 9.17) is 5.73 Å². The van der Waals surface area contributed by atoms with E-state index in [-0.39, 0.29) is 5.91 Å². The van der Waals surface area contributed by atoms with Crippen LogP contribution >= 0.6 is 0 Å². The zero-order chi connectivity index (χ0) is 12.8. The van der Waals surface area contributed by atoms with Crippen LogP contribution < -0.4 is 10.6 Å². The molecule has 1 aliphatic carbocycles. The highest BCUT2D eigenvalue weighted by Gasteiger charge is 2.47. The monoisotopic (exact) mass is 240 g/mol. The summed E-state index contributed by atoms with van der Waals surface area (Å²) in [4.78, 5) is 13.8. The van der Waals surface area contributed by atoms with Crippen LogP contribution in [0.4, 0.5) is 5.69 Å². The van der Waals surface area contributed by atoms with E-state index in [0.717, 1.165) is 23.9 Å². The van der Waals surface area contributed by atoms with Crippen molar-refractivity contribution in [1.82, 2.24) is 0 Å². The molecule has 0 radical (unpaired) electrons. The Labute approximate surface area is 106 Å². The first-order valence-electron chi connectivity index (χ1n) is 6.16. The summed E-state index contributed by atoms with van der Waals surface area (Å²) in [5.41, 5.74) is 6.24. The number of fused-ring (bicyclic) bond motifs is 1. The lowest BCUT2D eigenvalue weighted by molar-refractivity contribution is -0.120. The summed E-state index contributed by atoms with van der Waals surface area (Å²) in [5, 5.41) is 2.31. The van der Waals surface area contributed by atoms with Crippen LogP contribution in [0, 0.1) is 0 Å². The molecule has 2 N–H and O–H groups in total. The summed E-state index contributed by atoms with van der Waals surface area (Å²) in [5.74, 6) is 0.0118. The number of carbonyl (C=O) groups is 1. The topological polar surface area (TPSA) is 46.3 Å². The summed E-state index contributed by atoms with van der Waals surface area (Å²) < 4.78 is 0. The third-order valence-corrected chi connectivity index (χ3v) is 3.64. The molecule has 3 rings (SSSR count). The number of hydrogen-bond acceptors (Lipinski definition) is 2. The van der Waals surface area contributed by atoms with Crippen molar-refractivity contribution < 1.29 is 4.79 Å². The molecule has 0 bridgehead atoms. The second-order valence-corrected chi connectivity index (χ2v) is 5.05. The molecule has 0 unspecified atom stereocenters. The number of likely N-dealkylation sites (N-methyl/N-ethyl adjacent to an activating group) is 1. The molecule has 0 atom stereocenters. The number of nitrogens with two attached hydrogens (primary N) is 1. The van der Waals surface area contributed by atoms with Crippen LogP contribution in [0.1, 0.15) is 12.8 Å². The Morgan fingerprint density at radius 1 is 1.17 bits per heavy atom. The van der Waals surface area contributed by atoms with Crippen molar-refractivity contribution in [2.75, 3.05) is 11.9 Å². The fourth-order valence-electron chi connectivity index (χ4n) is 2.19. The Morgan fingerprint density at radius 3 is 2.50 bits per heavy atom. The van der Waals surface area contributed by atoms with Crippen molar-refractivity contribution in [2.24, 2.45) is 5.73 Å². The van der Waals surface area contributed by atoms with E-state index in [1.54, 1.807) is 11.9 Å². The number of benzene rings is 2. The van der Waals surface area contributed by atoms with E-state index in [9.17, 15) is 4.79 Å². The first-order valence-corrected chi connectivity index (χ1v) is 6.16. The Hall–Kier alpha value is -1.87. The number of nitrogens with zero attached hydrogens (tertiary/aromatic N) is 1. The zero-order valence-corrected chi connectivity index (χ0v) is 10.4. The van der Waals surface area contributed by atoms with Gasteiger partial charge in [0.25, 0.3) is 0 Å². The standard InChI is InChI=1S/C15H16N2O/c1-17(14(18)15(16)8-9-15)13-7-6-11-4-2-3-5-12(11)10-13/h2-7,10H,8-9,16H2,1H3. The molecule has 92 valence electrons. The smallest absolute Gasteiger partial charge is 0.246 e. The van der Waals surface area contributed by atoms with E-state index < -0.39 is 5.54 Å². The van der Waals surface area contributed by atoms with Crippen LogP contribution in [-0.4, -0.2) is 18.5 Å². The predicted octanol–water partition coefficient (Wildman–Crippen LogP) is 2.29. The fourth-order valence-corrected chi connectivity index (χ4v) is 2.19. The van der Waals surface area contributed by atoms with Gasteiger partial charge in [0, 0.05) is 12.7 Å². The van der Waals surface area contributed by atoms with Gasteiger partial charge in [-0.15, -0.1) is 0 Å². The molecule has 0 aliphatic heterocycles. The summed E-state index contributed by atoms with van der Waals surface area (Å²) in [6.07, 6.45) is 1.59. The van der Waals surface area contributed by atoms with Gasteiger partial charge in [0.1, 0.15) is 0 Å². The van der Waals surface area contributed by atoms with Crippen LogP contribution in [0.15, 0.2) is 42.5 Å². The number of rotatable bonds is 2. The molecule has 0 saturated heterocycles. The van der Waals surface area contributed by atoms with Gasteiger partial charge in [-0.3, -0.25) is 4.79 Å². The van der Waals surface area contributed by atoms with Crippen molar-refractivity contribution in [3.05, 3.63) is 42.5 Å². The number of hydrogen-bond donors (Lipinski definition) is 1. The first-order chi connectivity index (χ1) is 8.60. The Morgan fingerprint density at radius 2 is 1.83 bits per heavy atom. The summed E-state index contributed by atoms with van der Waals surface area (Å²) in [6, 6.07) is 14.1. The van der Waals surface area contributed by atoms with Crippen molar-refractivity contribution in [3.8, 4) is 0 Å². The Balaban J connectivity index is 1.96. The van der Waals surface area contributed by atoms with Gasteiger partial charge in [0.2, 0.25) is 5.91 Å². The van der Waals surface area contributed by atoms with Crippen LogP contribution in [0.25, 0.3) is 10.8 Å². The number of carbonyl (C=O) groups excluding carboxylic acids is 1. The predicted molar refractivity (Wildman–Crippen MR) is 73.5 cm³/mol. The molecule has 0 aromatic heterocycles. The van der Waals surface area contributed by atoms with Gasteiger partial charge in [-0.1, -0.05) is 30.3 Å². The van der Waals surface area contributed by atoms with E-state index in [2.05, 4.69) is 6.07 Å². The molecule has 2 aromatic carbocycles. The Kier molecular flexibility index (Phi) is 2.38. The van der Waals surface area contributed by atoms with Crippen LogP contribution in [0.2, 0.25) is 0 Å². The lowest BCUT2D eigenvalue weighted by Crippen LogP contribution is -2.43. The molecule has 3 nitrogen and oxygen atoms in total. The third-order valence-electron chi connectivity index (χ3n) is 3.64. The zero-order valence-electron chi connectivity index (χ0n) is 10.4. The molecular formula is C15H16N2O. The second kappa shape index (κ2) is 3.82. The van der Waals surface area contributed by atoms with E-state index in [1.165, 1.54) is 5.39 Å². The quantitative estimate of drug-likeness (QED) is 0.875. The maximum atomic E-state index is 12.2. The minimum Gasteiger partial charge on any atom is -0.317 e. The molecule has 0 spiro atoms. The second-order valence-electron chi connectivity index (χ2n) is 5.05. The van der Waals surface area contributed by atoms with Gasteiger partial charge < -0.3 is 10.6 Å². The molecule has 2 aromatic rings. The van der Waals surface area contributed by atoms with Crippen molar-refractivity contribution in [1.29, 1.82) is 0 Å². The van der Waals surface area contributed by atoms with E-state index in [0.29, 0.717) is 0 Å². The van der Waals surface area contributed by atoms with Crippen molar-refractivity contribution in [2.45, 2.75) is 18.4 Å². The molecule has 1 aliphatic rings. The van der Waals surface area contributed by atoms with Gasteiger partial charge in [-0.2, -0.15) is 0 Å². The largest absolute Gasteiger partial charge is 0.317 e. The lowest BCUT2D eigenvalue weighted by Gasteiger charge is -2.21. The van der Waals surface area contributed by atoms with Gasteiger partial charge in [-0.05, 0) is 35.7 Å². The number of anilines is 1. The van der Waals surface area contributed by atoms with Gasteiger partial charge in [0.05, 0.1) is 5.54 Å². The summed E-state index contributed by atoms with van der Waals surface area (Å²) in [7, 11) is 1.79. The van der Waals surface area contributed by atoms with Gasteiger partial charge in [0.15, 0.2) is 0 Å². The SMILES string of the molecule is CN(C(=O)C1(N)CC1)c1ccc2ccccc2c1. The highest BCUT2D eigenvalue weighted by Crippen LogP contribution is 2.35. The summed E-state index contributed by atoms with van der Waals surface area (Å²) >= 11 is 0. The number of amides is 1. The molecule has 1 saturated carbocycles. The highest BCUT2D eigenvalue weighted by atomic mass is 16.2. The first kappa shape index (κ1) is 11.2. The Bertz CT molecular complexity index is 617. The fraction of sp³-hybridized carbons (Fsp3) is 0.267. The van der Waals surface area contributed by atoms with Crippen molar-refractivity contribution in [3.63, 3.8) is 0 Å². The average Bonchev–Trinajstić information content (AvgIpc) is 3.16. The maximum absolute atomic E-state index is 12.2. The molecule has 0 heterocycles. The minimum absolute atomic E-state index is 0.0118. The third kappa shape index (κ3) is 1.77. The molecular weight excluding hydrogens is 224 g/mol. The van der Waals surface area contributed by atoms with Crippen LogP contribution in [-0.2, 0) is 4.79 Å². The highest BCUT2D eigenvalue weighted by molar-refractivity contribution is 6.03. The van der Waals surface area contributed by atoms with Gasteiger partial charge >= 0.3 is 0 Å². The normalized spacial score (nSPS) is 16.6. The summed E-state index contributed by atoms with van der Waals surface area (Å²) in [6.45, 7) is 0. The van der Waals surface area contributed by atoms with E-state index in [1.807, 2.05) is 36.4 Å². The van der Waals surface area contributed by atoms with E-state index >= 15 is 0 Å². The van der Waals surface area contributed by atoms with Crippen LogP contribution in [0.3, 0.4) is 0 Å². The molecule has 18 heavy (non-hydrogen) atoms. The van der Waals surface area contributed by atoms with Crippen molar-refractivity contribution >= 4 is 22.4 Å². The average molecular weight is 240 g/mol. The lowest BCUT2D eigenvalue weighted by atomic mass is 10.1.